The largest absolute Gasteiger partial charge is 0.493 e. The van der Waals surface area contributed by atoms with Crippen molar-refractivity contribution in [1.82, 2.24) is 4.90 Å². The summed E-state index contributed by atoms with van der Waals surface area (Å²) < 4.78 is 54.5. The quantitative estimate of drug-likeness (QED) is 0.270. The zero-order chi connectivity index (χ0) is 28.5. The molecule has 2 N–H and O–H groups in total. The second-order valence-corrected chi connectivity index (χ2v) is 10.3. The molecule has 2 heterocycles. The Kier molecular flexibility index (Phi) is 7.85. The van der Waals surface area contributed by atoms with E-state index >= 15 is 0 Å². The third-order valence-corrected chi connectivity index (χ3v) is 7.70. The Balaban J connectivity index is 1.83. The molecule has 15 heteroatoms. The summed E-state index contributed by atoms with van der Waals surface area (Å²) in [4.78, 5) is 31.9. The lowest BCUT2D eigenvalue weighted by molar-refractivity contribution is -0.137. The van der Waals surface area contributed by atoms with Gasteiger partial charge in [-0.3, -0.25) is 19.7 Å². The predicted octanol–water partition coefficient (Wildman–Crippen LogP) is 2.82. The summed E-state index contributed by atoms with van der Waals surface area (Å²) in [6.07, 6.45) is 0. The van der Waals surface area contributed by atoms with E-state index in [1.165, 1.54) is 57.6 Å². The van der Waals surface area contributed by atoms with Crippen LogP contribution in [0.3, 0.4) is 0 Å². The number of rotatable bonds is 8. The number of benzene rings is 2. The standard InChI is InChI=1S/C24H24N4O9S2/c1-12-17(23(30)37-5)18(13-10-11-15(34-2)20(36-4)19(13)35-3)28-22(29)21(38-24(28)25-12)27-26-14-8-6-7-9-16(14)39(31,32)33/h6-11,18,26H,1-5H3,(H,31,32,33)/b27-21-. The van der Waals surface area contributed by atoms with Crippen molar-refractivity contribution < 1.29 is 41.5 Å². The van der Waals surface area contributed by atoms with E-state index in [0.717, 1.165) is 11.8 Å². The molecule has 206 valence electrons. The summed E-state index contributed by atoms with van der Waals surface area (Å²) in [5, 5.41) is 4.21. The molecule has 2 aliphatic heterocycles. The minimum Gasteiger partial charge on any atom is -0.493 e. The molecule has 1 saturated heterocycles. The minimum absolute atomic E-state index is 0.0459. The number of nitrogens with zero attached hydrogens (tertiary/aromatic N) is 3. The van der Waals surface area contributed by atoms with Crippen LogP contribution in [0.2, 0.25) is 0 Å². The van der Waals surface area contributed by atoms with Gasteiger partial charge in [0.25, 0.3) is 16.0 Å². The van der Waals surface area contributed by atoms with Crippen molar-refractivity contribution in [2.45, 2.75) is 17.9 Å². The van der Waals surface area contributed by atoms with Crippen LogP contribution in [0.15, 0.2) is 62.7 Å². The van der Waals surface area contributed by atoms with Gasteiger partial charge in [0.1, 0.15) is 10.9 Å². The van der Waals surface area contributed by atoms with Crippen molar-refractivity contribution in [3.05, 3.63) is 53.2 Å². The number of anilines is 1. The highest BCUT2D eigenvalue weighted by atomic mass is 32.2. The Hall–Kier alpha value is -4.08. The molecule has 13 nitrogen and oxygen atoms in total. The number of carbonyl (C=O) groups is 2. The molecular weight excluding hydrogens is 552 g/mol. The minimum atomic E-state index is -4.56. The molecule has 2 aromatic carbocycles. The number of aliphatic imine (C=N–C) groups is 1. The van der Waals surface area contributed by atoms with Gasteiger partial charge in [-0.05, 0) is 43.0 Å². The maximum absolute atomic E-state index is 13.7. The van der Waals surface area contributed by atoms with Crippen LogP contribution >= 0.6 is 11.8 Å². The van der Waals surface area contributed by atoms with Crippen LogP contribution in [0.25, 0.3) is 0 Å². The molecule has 1 amide bonds. The van der Waals surface area contributed by atoms with E-state index in [0.29, 0.717) is 17.0 Å². The molecule has 0 spiro atoms. The number of fused-ring (bicyclic) bond motifs is 1. The molecule has 0 aromatic heterocycles. The molecule has 39 heavy (non-hydrogen) atoms. The van der Waals surface area contributed by atoms with Gasteiger partial charge in [0.2, 0.25) is 5.75 Å². The number of amidine groups is 1. The predicted molar refractivity (Wildman–Crippen MR) is 143 cm³/mol. The molecule has 0 radical (unpaired) electrons. The Labute approximate surface area is 228 Å². The first kappa shape index (κ1) is 27.9. The number of allylic oxidation sites excluding steroid dienone is 1. The lowest BCUT2D eigenvalue weighted by Gasteiger charge is -2.33. The zero-order valence-electron chi connectivity index (χ0n) is 21.4. The fraction of sp³-hybridized carbons (Fsp3) is 0.250. The van der Waals surface area contributed by atoms with Crippen LogP contribution in [0.1, 0.15) is 18.5 Å². The zero-order valence-corrected chi connectivity index (χ0v) is 23.0. The summed E-state index contributed by atoms with van der Waals surface area (Å²) >= 11 is 0.909. The highest BCUT2D eigenvalue weighted by molar-refractivity contribution is 8.29. The van der Waals surface area contributed by atoms with Gasteiger partial charge in [0, 0.05) is 5.56 Å². The van der Waals surface area contributed by atoms with E-state index < -0.39 is 32.9 Å². The van der Waals surface area contributed by atoms with Crippen LogP contribution in [-0.4, -0.2) is 68.4 Å². The number of para-hydroxylation sites is 1. The average molecular weight is 577 g/mol. The number of methoxy groups -OCH3 is 4. The molecule has 4 rings (SSSR count). The van der Waals surface area contributed by atoms with Gasteiger partial charge in [-0.25, -0.2) is 9.79 Å². The topological polar surface area (TPSA) is 165 Å². The number of amides is 1. The van der Waals surface area contributed by atoms with Crippen molar-refractivity contribution >= 4 is 49.7 Å². The van der Waals surface area contributed by atoms with Crippen LogP contribution in [0, 0.1) is 0 Å². The highest BCUT2D eigenvalue weighted by Gasteiger charge is 2.48. The molecule has 2 aliphatic rings. The van der Waals surface area contributed by atoms with Gasteiger partial charge in [-0.1, -0.05) is 12.1 Å². The Morgan fingerprint density at radius 3 is 2.38 bits per heavy atom. The van der Waals surface area contributed by atoms with Crippen LogP contribution in [-0.2, 0) is 24.4 Å². The summed E-state index contributed by atoms with van der Waals surface area (Å²) in [6.45, 7) is 1.61. The number of esters is 1. The number of thioether (sulfide) groups is 1. The number of nitrogens with one attached hydrogen (secondary N) is 1. The maximum Gasteiger partial charge on any atom is 0.338 e. The Bertz CT molecular complexity index is 1550. The molecule has 1 fully saturated rings. The first-order valence-electron chi connectivity index (χ1n) is 11.2. The van der Waals surface area contributed by atoms with Crippen molar-refractivity contribution in [2.75, 3.05) is 33.9 Å². The number of carbonyl (C=O) groups excluding carboxylic acids is 2. The highest BCUT2D eigenvalue weighted by Crippen LogP contribution is 2.49. The molecule has 0 saturated carbocycles. The molecule has 1 unspecified atom stereocenters. The van der Waals surface area contributed by atoms with Crippen LogP contribution in [0.4, 0.5) is 5.69 Å². The fourth-order valence-corrected chi connectivity index (χ4v) is 5.73. The van der Waals surface area contributed by atoms with E-state index in [2.05, 4.69) is 15.5 Å². The number of ether oxygens (including phenoxy) is 4. The van der Waals surface area contributed by atoms with Gasteiger partial charge in [0.15, 0.2) is 21.7 Å². The first-order valence-corrected chi connectivity index (χ1v) is 13.4. The second kappa shape index (κ2) is 11.0. The van der Waals surface area contributed by atoms with Gasteiger partial charge in [-0.2, -0.15) is 13.5 Å². The average Bonchev–Trinajstić information content (AvgIpc) is 3.23. The van der Waals surface area contributed by atoms with E-state index in [1.54, 1.807) is 19.1 Å². The van der Waals surface area contributed by atoms with Gasteiger partial charge < -0.3 is 18.9 Å². The van der Waals surface area contributed by atoms with E-state index in [-0.39, 0.29) is 33.0 Å². The summed E-state index contributed by atoms with van der Waals surface area (Å²) in [5.74, 6) is -0.498. The summed E-state index contributed by atoms with van der Waals surface area (Å²) in [6, 6.07) is 7.72. The maximum atomic E-state index is 13.7. The SMILES string of the molecule is COC(=O)C1=C(C)N=C2S/C(=N\Nc3ccccc3S(=O)(=O)O)C(=O)N2C1c1ccc(OC)c(OC)c1OC. The number of hydrazone groups is 1. The molecule has 0 bridgehead atoms. The monoisotopic (exact) mass is 576 g/mol. The van der Waals surface area contributed by atoms with Crippen molar-refractivity contribution in [3.8, 4) is 17.2 Å². The molecule has 2 aromatic rings. The molecule has 0 aliphatic carbocycles. The smallest absolute Gasteiger partial charge is 0.338 e. The summed E-state index contributed by atoms with van der Waals surface area (Å²) in [5.41, 5.74) is 3.27. The number of hydrogen-bond acceptors (Lipinski definition) is 12. The van der Waals surface area contributed by atoms with Gasteiger partial charge >= 0.3 is 5.97 Å². The molecular formula is C24H24N4O9S2. The number of hydrogen-bond donors (Lipinski definition) is 2. The lowest BCUT2D eigenvalue weighted by atomic mass is 9.93. The van der Waals surface area contributed by atoms with Crippen LogP contribution in [0.5, 0.6) is 17.2 Å². The third-order valence-electron chi connectivity index (χ3n) is 5.86. The second-order valence-electron chi connectivity index (χ2n) is 7.99. The Morgan fingerprint density at radius 1 is 1.08 bits per heavy atom. The molecule has 1 atom stereocenters. The third kappa shape index (κ3) is 5.03. The van der Waals surface area contributed by atoms with E-state index in [4.69, 9.17) is 18.9 Å². The lowest BCUT2D eigenvalue weighted by Crippen LogP contribution is -2.40. The summed E-state index contributed by atoms with van der Waals surface area (Å²) in [7, 11) is 0.963. The van der Waals surface area contributed by atoms with E-state index in [1.807, 2.05) is 0 Å². The van der Waals surface area contributed by atoms with Crippen molar-refractivity contribution in [3.63, 3.8) is 0 Å². The first-order chi connectivity index (χ1) is 18.6. The van der Waals surface area contributed by atoms with Crippen LogP contribution < -0.4 is 19.6 Å². The van der Waals surface area contributed by atoms with E-state index in [9.17, 15) is 22.6 Å². The Morgan fingerprint density at radius 2 is 1.77 bits per heavy atom. The normalized spacial score (nSPS) is 18.1. The van der Waals surface area contributed by atoms with Gasteiger partial charge in [0.05, 0.1) is 45.4 Å². The van der Waals surface area contributed by atoms with Gasteiger partial charge in [-0.15, -0.1) is 0 Å². The van der Waals surface area contributed by atoms with Crippen molar-refractivity contribution in [2.24, 2.45) is 10.1 Å². The van der Waals surface area contributed by atoms with Crippen molar-refractivity contribution in [1.29, 1.82) is 0 Å². The fourth-order valence-electron chi connectivity index (χ4n) is 4.17.